The summed E-state index contributed by atoms with van der Waals surface area (Å²) in [5, 5.41) is 1.86. The molecule has 0 radical (unpaired) electrons. The van der Waals surface area contributed by atoms with E-state index in [-0.39, 0.29) is 25.6 Å². The Morgan fingerprint density at radius 1 is 1.26 bits per heavy atom. The molecule has 1 aromatic rings. The predicted octanol–water partition coefficient (Wildman–Crippen LogP) is 1.23. The Hall–Kier alpha value is -2.13. The van der Waals surface area contributed by atoms with Gasteiger partial charge in [-0.2, -0.15) is 0 Å². The van der Waals surface area contributed by atoms with Gasteiger partial charge < -0.3 is 15.0 Å². The monoisotopic (exact) mass is 397 g/mol. The maximum Gasteiger partial charge on any atom is 0.410 e. The quantitative estimate of drug-likeness (QED) is 0.687. The normalized spacial score (nSPS) is 17.4. The van der Waals surface area contributed by atoms with Gasteiger partial charge in [0.15, 0.2) is 0 Å². The second-order valence-electron chi connectivity index (χ2n) is 6.47. The molecule has 1 aliphatic heterocycles. The molecule has 27 heavy (non-hydrogen) atoms. The van der Waals surface area contributed by atoms with E-state index < -0.39 is 21.4 Å². The number of nitrogens with one attached hydrogen (secondary N) is 2. The van der Waals surface area contributed by atoms with E-state index >= 15 is 0 Å². The van der Waals surface area contributed by atoms with Crippen LogP contribution in [0.4, 0.5) is 4.79 Å². The number of carbonyl (C=O) groups is 2. The van der Waals surface area contributed by atoms with Crippen LogP contribution in [0.25, 0.3) is 0 Å². The van der Waals surface area contributed by atoms with Crippen molar-refractivity contribution < 1.29 is 22.7 Å². The van der Waals surface area contributed by atoms with Gasteiger partial charge in [0.25, 0.3) is 0 Å². The van der Waals surface area contributed by atoms with Crippen LogP contribution < -0.4 is 10.0 Å². The standard InChI is InChI=1S/C18H27N3O5S/c1-2-10-19-17(22)12-20-27(24,25)16-9-6-11-21(13-16)18(23)26-14-15-7-4-3-5-8-15/h3-5,7-8,16,20H,2,6,9-14H2,1H3,(H,19,22). The van der Waals surface area contributed by atoms with Gasteiger partial charge in [0.05, 0.1) is 11.8 Å². The largest absolute Gasteiger partial charge is 0.445 e. The molecule has 1 unspecified atom stereocenters. The van der Waals surface area contributed by atoms with Crippen molar-refractivity contribution in [3.05, 3.63) is 35.9 Å². The molecule has 2 amide bonds. The topological polar surface area (TPSA) is 105 Å². The Labute approximate surface area is 160 Å². The van der Waals surface area contributed by atoms with Crippen LogP contribution in [0.1, 0.15) is 31.7 Å². The molecule has 9 heteroatoms. The molecule has 1 fully saturated rings. The fourth-order valence-corrected chi connectivity index (χ4v) is 4.20. The van der Waals surface area contributed by atoms with Crippen LogP contribution in [0.2, 0.25) is 0 Å². The van der Waals surface area contributed by atoms with Crippen LogP contribution in [0.15, 0.2) is 30.3 Å². The van der Waals surface area contributed by atoms with Gasteiger partial charge in [0.1, 0.15) is 6.61 Å². The summed E-state index contributed by atoms with van der Waals surface area (Å²) >= 11 is 0. The Kier molecular flexibility index (Phi) is 8.05. The molecule has 8 nitrogen and oxygen atoms in total. The molecule has 150 valence electrons. The van der Waals surface area contributed by atoms with Crippen molar-refractivity contribution in [2.45, 2.75) is 38.0 Å². The molecule has 1 saturated heterocycles. The lowest BCUT2D eigenvalue weighted by atomic mass is 10.1. The maximum absolute atomic E-state index is 12.4. The number of sulfonamides is 1. The first kappa shape index (κ1) is 21.2. The second kappa shape index (κ2) is 10.3. The number of carbonyl (C=O) groups excluding carboxylic acids is 2. The molecule has 0 aromatic heterocycles. The number of piperidine rings is 1. The molecule has 0 saturated carbocycles. The number of hydrogen-bond donors (Lipinski definition) is 2. The number of hydrogen-bond acceptors (Lipinski definition) is 5. The van der Waals surface area contributed by atoms with Gasteiger partial charge >= 0.3 is 6.09 Å². The lowest BCUT2D eigenvalue weighted by Gasteiger charge is -2.31. The fourth-order valence-electron chi connectivity index (χ4n) is 2.78. The van der Waals surface area contributed by atoms with Crippen LogP contribution in [0, 0.1) is 0 Å². The summed E-state index contributed by atoms with van der Waals surface area (Å²) in [7, 11) is -3.70. The Bertz CT molecular complexity index is 724. The molecule has 2 rings (SSSR count). The van der Waals surface area contributed by atoms with Crippen LogP contribution in [0.3, 0.4) is 0 Å². The van der Waals surface area contributed by atoms with Gasteiger partial charge in [-0.05, 0) is 24.8 Å². The highest BCUT2D eigenvalue weighted by Crippen LogP contribution is 2.17. The molecular formula is C18H27N3O5S. The van der Waals surface area contributed by atoms with Gasteiger partial charge in [-0.3, -0.25) is 4.79 Å². The summed E-state index contributed by atoms with van der Waals surface area (Å²) in [5.41, 5.74) is 0.867. The zero-order valence-corrected chi connectivity index (χ0v) is 16.3. The lowest BCUT2D eigenvalue weighted by Crippen LogP contribution is -2.49. The highest BCUT2D eigenvalue weighted by molar-refractivity contribution is 7.90. The maximum atomic E-state index is 12.4. The molecule has 0 spiro atoms. The third kappa shape index (κ3) is 6.84. The van der Waals surface area contributed by atoms with Gasteiger partial charge in [-0.1, -0.05) is 37.3 Å². The molecule has 2 N–H and O–H groups in total. The van der Waals surface area contributed by atoms with Crippen LogP contribution >= 0.6 is 0 Å². The molecule has 0 aliphatic carbocycles. The number of nitrogens with zero attached hydrogens (tertiary/aromatic N) is 1. The molecule has 0 bridgehead atoms. The van der Waals surface area contributed by atoms with E-state index in [0.717, 1.165) is 12.0 Å². The van der Waals surface area contributed by atoms with Gasteiger partial charge in [-0.25, -0.2) is 17.9 Å². The number of benzene rings is 1. The molecular weight excluding hydrogens is 370 g/mol. The first-order chi connectivity index (χ1) is 12.9. The molecule has 1 aliphatic rings. The van der Waals surface area contributed by atoms with Crippen LogP contribution in [-0.2, 0) is 26.2 Å². The van der Waals surface area contributed by atoms with E-state index in [2.05, 4.69) is 10.0 Å². The minimum Gasteiger partial charge on any atom is -0.445 e. The van der Waals surface area contributed by atoms with Crippen molar-refractivity contribution in [3.63, 3.8) is 0 Å². The minimum absolute atomic E-state index is 0.0551. The Morgan fingerprint density at radius 3 is 2.70 bits per heavy atom. The lowest BCUT2D eigenvalue weighted by molar-refractivity contribution is -0.119. The van der Waals surface area contributed by atoms with Crippen LogP contribution in [-0.4, -0.2) is 56.7 Å². The highest BCUT2D eigenvalue weighted by atomic mass is 32.2. The predicted molar refractivity (Wildman–Crippen MR) is 101 cm³/mol. The highest BCUT2D eigenvalue weighted by Gasteiger charge is 2.33. The van der Waals surface area contributed by atoms with Crippen molar-refractivity contribution >= 4 is 22.0 Å². The van der Waals surface area contributed by atoms with E-state index in [1.807, 2.05) is 37.3 Å². The van der Waals surface area contributed by atoms with E-state index in [9.17, 15) is 18.0 Å². The minimum atomic E-state index is -3.70. The zero-order valence-electron chi connectivity index (χ0n) is 15.5. The molecule has 1 heterocycles. The van der Waals surface area contributed by atoms with E-state index in [4.69, 9.17) is 4.74 Å². The second-order valence-corrected chi connectivity index (χ2v) is 8.51. The first-order valence-corrected chi connectivity index (χ1v) is 10.7. The molecule has 1 atom stereocenters. The summed E-state index contributed by atoms with van der Waals surface area (Å²) < 4.78 is 32.5. The third-order valence-corrected chi connectivity index (χ3v) is 6.10. The van der Waals surface area contributed by atoms with Gasteiger partial charge in [0, 0.05) is 19.6 Å². The smallest absolute Gasteiger partial charge is 0.410 e. The van der Waals surface area contributed by atoms with Gasteiger partial charge in [-0.15, -0.1) is 0 Å². The summed E-state index contributed by atoms with van der Waals surface area (Å²) in [6.45, 7) is 2.78. The molecule has 1 aromatic carbocycles. The number of likely N-dealkylation sites (tertiary alicyclic amines) is 1. The first-order valence-electron chi connectivity index (χ1n) is 9.13. The number of rotatable bonds is 8. The van der Waals surface area contributed by atoms with E-state index in [1.54, 1.807) is 0 Å². The van der Waals surface area contributed by atoms with Crippen molar-refractivity contribution in [3.8, 4) is 0 Å². The summed E-state index contributed by atoms with van der Waals surface area (Å²) in [4.78, 5) is 25.3. The summed E-state index contributed by atoms with van der Waals surface area (Å²) in [6, 6.07) is 9.29. The van der Waals surface area contributed by atoms with Crippen molar-refractivity contribution in [1.29, 1.82) is 0 Å². The van der Waals surface area contributed by atoms with Gasteiger partial charge in [0.2, 0.25) is 15.9 Å². The number of ether oxygens (including phenoxy) is 1. The Morgan fingerprint density at radius 2 is 2.00 bits per heavy atom. The SMILES string of the molecule is CCCNC(=O)CNS(=O)(=O)C1CCCN(C(=O)OCc2ccccc2)C1. The summed E-state index contributed by atoms with van der Waals surface area (Å²) in [6.07, 6.45) is 1.25. The van der Waals surface area contributed by atoms with E-state index in [0.29, 0.717) is 25.9 Å². The van der Waals surface area contributed by atoms with Crippen molar-refractivity contribution in [2.75, 3.05) is 26.2 Å². The fraction of sp³-hybridized carbons (Fsp3) is 0.556. The average Bonchev–Trinajstić information content (AvgIpc) is 2.70. The van der Waals surface area contributed by atoms with Crippen molar-refractivity contribution in [2.24, 2.45) is 0 Å². The number of amides is 2. The Balaban J connectivity index is 1.84. The van der Waals surface area contributed by atoms with Crippen LogP contribution in [0.5, 0.6) is 0 Å². The zero-order chi connectivity index (χ0) is 19.7. The third-order valence-electron chi connectivity index (χ3n) is 4.29. The summed E-state index contributed by atoms with van der Waals surface area (Å²) in [5.74, 6) is -0.365. The van der Waals surface area contributed by atoms with E-state index in [1.165, 1.54) is 4.90 Å². The van der Waals surface area contributed by atoms with Crippen molar-refractivity contribution in [1.82, 2.24) is 14.9 Å². The average molecular weight is 397 g/mol.